The summed E-state index contributed by atoms with van der Waals surface area (Å²) in [5.41, 5.74) is 1.64. The van der Waals surface area contributed by atoms with E-state index < -0.39 is 0 Å². The number of likely N-dealkylation sites (N-methyl/N-ethyl adjacent to an activating group) is 2. The maximum Gasteiger partial charge on any atom is 0.209 e. The number of carbonyl (C=O) groups excluding carboxylic acids is 1. The van der Waals surface area contributed by atoms with Crippen LogP contribution >= 0.6 is 0 Å². The molecule has 0 spiro atoms. The number of aromatic hydroxyl groups is 1. The number of rotatable bonds is 15. The monoisotopic (exact) mass is 483 g/mol. The molecule has 11 heteroatoms. The predicted molar refractivity (Wildman–Crippen MR) is 136 cm³/mol. The van der Waals surface area contributed by atoms with E-state index in [2.05, 4.69) is 37.2 Å². The average molecular weight is 484 g/mol. The van der Waals surface area contributed by atoms with Crippen LogP contribution in [0.15, 0.2) is 35.6 Å². The second-order valence-electron chi connectivity index (χ2n) is 8.10. The van der Waals surface area contributed by atoms with E-state index in [9.17, 15) is 9.90 Å². The molecule has 0 saturated carbocycles. The van der Waals surface area contributed by atoms with Gasteiger partial charge in [-0.3, -0.25) is 9.79 Å². The third kappa shape index (κ3) is 7.66. The molecule has 0 radical (unpaired) electrons. The van der Waals surface area contributed by atoms with E-state index in [1.165, 1.54) is 11.2 Å². The Labute approximate surface area is 204 Å². The van der Waals surface area contributed by atoms with Crippen molar-refractivity contribution >= 4 is 35.2 Å². The average Bonchev–Trinajstić information content (AvgIpc) is 3.19. The molecule has 1 aromatic carbocycles. The Morgan fingerprint density at radius 2 is 2.06 bits per heavy atom. The molecule has 3 rings (SSSR count). The molecule has 0 fully saturated rings. The molecule has 0 aliphatic heterocycles. The number of H-pyrrole nitrogens is 1. The van der Waals surface area contributed by atoms with Gasteiger partial charge in [-0.25, -0.2) is 9.97 Å². The van der Waals surface area contributed by atoms with Crippen molar-refractivity contribution in [3.63, 3.8) is 0 Å². The summed E-state index contributed by atoms with van der Waals surface area (Å²) in [6.45, 7) is 4.12. The van der Waals surface area contributed by atoms with Gasteiger partial charge in [0.25, 0.3) is 0 Å². The number of amides is 1. The first-order valence-corrected chi connectivity index (χ1v) is 11.4. The summed E-state index contributed by atoms with van der Waals surface area (Å²) in [4.78, 5) is 30.4. The summed E-state index contributed by atoms with van der Waals surface area (Å²) >= 11 is 0. The second-order valence-corrected chi connectivity index (χ2v) is 8.10. The number of aliphatic imine (C=N–C) groups is 1. The van der Waals surface area contributed by atoms with Crippen LogP contribution in [0.4, 0.5) is 11.5 Å². The lowest BCUT2D eigenvalue weighted by molar-refractivity contribution is -0.116. The molecule has 1 amide bonds. The van der Waals surface area contributed by atoms with E-state index in [0.717, 1.165) is 31.7 Å². The van der Waals surface area contributed by atoms with Crippen molar-refractivity contribution in [3.05, 3.63) is 36.2 Å². The summed E-state index contributed by atoms with van der Waals surface area (Å²) in [5.74, 6) is 1.22. The molecule has 0 bridgehead atoms. The molecule has 3 aromatic rings. The minimum absolute atomic E-state index is 0.0534. The first kappa shape index (κ1) is 25.9. The highest BCUT2D eigenvalue weighted by Gasteiger charge is 2.15. The lowest BCUT2D eigenvalue weighted by Gasteiger charge is -2.15. The van der Waals surface area contributed by atoms with Crippen molar-refractivity contribution in [3.8, 4) is 11.6 Å². The molecule has 11 nitrogen and oxygen atoms in total. The Hall–Kier alpha value is -3.70. The molecule has 0 unspecified atom stereocenters. The second kappa shape index (κ2) is 13.3. The van der Waals surface area contributed by atoms with Gasteiger partial charge in [-0.05, 0) is 25.6 Å². The first-order chi connectivity index (χ1) is 17.0. The number of hydrogen-bond donors (Lipinski definition) is 3. The topological polar surface area (TPSA) is 128 Å². The molecule has 35 heavy (non-hydrogen) atoms. The molecule has 2 heterocycles. The summed E-state index contributed by atoms with van der Waals surface area (Å²) in [6, 6.07) is 7.48. The summed E-state index contributed by atoms with van der Waals surface area (Å²) in [7, 11) is 5.46. The number of ether oxygens (including phenoxy) is 2. The van der Waals surface area contributed by atoms with Gasteiger partial charge in [-0.15, -0.1) is 0 Å². The Balaban J connectivity index is 1.66. The van der Waals surface area contributed by atoms with Gasteiger partial charge < -0.3 is 34.7 Å². The number of nitrogens with one attached hydrogen (secondary N) is 2. The summed E-state index contributed by atoms with van der Waals surface area (Å²) < 4.78 is 11.0. The lowest BCUT2D eigenvalue weighted by Crippen LogP contribution is -2.25. The summed E-state index contributed by atoms with van der Waals surface area (Å²) in [6.07, 6.45) is 4.64. The number of hydrogen-bond acceptors (Lipinski definition) is 9. The number of anilines is 1. The van der Waals surface area contributed by atoms with Crippen molar-refractivity contribution in [2.45, 2.75) is 6.42 Å². The highest BCUT2D eigenvalue weighted by molar-refractivity contribution is 6.06. The van der Waals surface area contributed by atoms with E-state index >= 15 is 0 Å². The van der Waals surface area contributed by atoms with Gasteiger partial charge in [0.05, 0.1) is 29.9 Å². The van der Waals surface area contributed by atoms with Crippen LogP contribution in [-0.4, -0.2) is 103 Å². The van der Waals surface area contributed by atoms with Gasteiger partial charge in [0.2, 0.25) is 6.41 Å². The third-order valence-corrected chi connectivity index (χ3v) is 5.34. The van der Waals surface area contributed by atoms with Crippen LogP contribution in [0.3, 0.4) is 0 Å². The van der Waals surface area contributed by atoms with Gasteiger partial charge in [0, 0.05) is 52.6 Å². The van der Waals surface area contributed by atoms with Crippen molar-refractivity contribution in [2.75, 3.05) is 65.9 Å². The number of nitrogens with zero attached hydrogens (tertiary/aromatic N) is 5. The number of methoxy groups -OCH3 is 1. The van der Waals surface area contributed by atoms with Crippen LogP contribution < -0.4 is 10.1 Å². The maximum atomic E-state index is 10.8. The number of benzene rings is 1. The van der Waals surface area contributed by atoms with Gasteiger partial charge in [-0.2, -0.15) is 0 Å². The largest absolute Gasteiger partial charge is 0.494 e. The molecule has 0 aliphatic rings. The third-order valence-electron chi connectivity index (χ3n) is 5.34. The van der Waals surface area contributed by atoms with Gasteiger partial charge >= 0.3 is 0 Å². The van der Waals surface area contributed by atoms with Crippen molar-refractivity contribution in [2.24, 2.45) is 4.99 Å². The van der Waals surface area contributed by atoms with Gasteiger partial charge in [0.15, 0.2) is 5.88 Å². The number of aromatic nitrogens is 3. The van der Waals surface area contributed by atoms with Crippen LogP contribution in [0, 0.1) is 0 Å². The molecule has 0 aliphatic carbocycles. The van der Waals surface area contributed by atoms with Crippen molar-refractivity contribution in [1.29, 1.82) is 0 Å². The zero-order chi connectivity index (χ0) is 25.0. The fourth-order valence-electron chi connectivity index (χ4n) is 3.37. The van der Waals surface area contributed by atoms with E-state index in [1.807, 2.05) is 24.3 Å². The Bertz CT molecular complexity index is 1120. The van der Waals surface area contributed by atoms with Crippen LogP contribution in [0.25, 0.3) is 11.0 Å². The van der Waals surface area contributed by atoms with Gasteiger partial charge in [-0.1, -0.05) is 6.07 Å². The smallest absolute Gasteiger partial charge is 0.209 e. The van der Waals surface area contributed by atoms with E-state index in [0.29, 0.717) is 54.4 Å². The molecule has 188 valence electrons. The minimum atomic E-state index is -0.0534. The molecule has 0 saturated heterocycles. The van der Waals surface area contributed by atoms with E-state index in [-0.39, 0.29) is 5.88 Å². The highest BCUT2D eigenvalue weighted by atomic mass is 16.5. The number of aromatic amines is 1. The zero-order valence-corrected chi connectivity index (χ0v) is 20.4. The standard InChI is InChI=1S/C24H33N7O4/c1-30(11-13-34-3)9-5-12-35-19-7-4-6-18(14-19)26-15-20-21-22(25-8-10-31(2)17-32)27-16-28-23(21)29-24(20)33/h4,6-7,14-17,33H,5,8-13H2,1-3H3,(H2,25,27,28,29). The number of carbonyl (C=O) groups is 1. The highest BCUT2D eigenvalue weighted by Crippen LogP contribution is 2.30. The van der Waals surface area contributed by atoms with Crippen molar-refractivity contribution in [1.82, 2.24) is 24.8 Å². The first-order valence-electron chi connectivity index (χ1n) is 11.4. The fourth-order valence-corrected chi connectivity index (χ4v) is 3.37. The summed E-state index contributed by atoms with van der Waals surface area (Å²) in [5, 5.41) is 14.3. The Morgan fingerprint density at radius 1 is 1.20 bits per heavy atom. The Kier molecular flexibility index (Phi) is 9.81. The lowest BCUT2D eigenvalue weighted by atomic mass is 10.2. The number of fused-ring (bicyclic) bond motifs is 1. The fraction of sp³-hybridized carbons (Fsp3) is 0.417. The quantitative estimate of drug-likeness (QED) is 0.171. The Morgan fingerprint density at radius 3 is 2.86 bits per heavy atom. The van der Waals surface area contributed by atoms with Crippen LogP contribution in [0.5, 0.6) is 11.6 Å². The van der Waals surface area contributed by atoms with E-state index in [4.69, 9.17) is 9.47 Å². The van der Waals surface area contributed by atoms with Crippen LogP contribution in [0.1, 0.15) is 12.0 Å². The maximum absolute atomic E-state index is 10.8. The minimum Gasteiger partial charge on any atom is -0.494 e. The molecule has 3 N–H and O–H groups in total. The van der Waals surface area contributed by atoms with Crippen LogP contribution in [0.2, 0.25) is 0 Å². The predicted octanol–water partition coefficient (Wildman–Crippen LogP) is 2.26. The molecular weight excluding hydrogens is 450 g/mol. The van der Waals surface area contributed by atoms with Gasteiger partial charge in [0.1, 0.15) is 23.5 Å². The van der Waals surface area contributed by atoms with E-state index in [1.54, 1.807) is 20.4 Å². The molecule has 0 atom stereocenters. The van der Waals surface area contributed by atoms with Crippen molar-refractivity contribution < 1.29 is 19.4 Å². The molecular formula is C24H33N7O4. The normalized spacial score (nSPS) is 11.4. The molecule has 2 aromatic heterocycles. The SMILES string of the molecule is COCCN(C)CCCOc1cccc(N=Cc2c(O)[nH]c3ncnc(NCCN(C)C=O)c23)c1. The van der Waals surface area contributed by atoms with Crippen LogP contribution in [-0.2, 0) is 9.53 Å². The zero-order valence-electron chi connectivity index (χ0n) is 20.4.